The fourth-order valence-corrected chi connectivity index (χ4v) is 8.18. The van der Waals surface area contributed by atoms with Crippen LogP contribution in [0.25, 0.3) is 88.3 Å². The maximum atomic E-state index is 6.39. The number of benzene rings is 9. The lowest BCUT2D eigenvalue weighted by Gasteiger charge is -2.30. The van der Waals surface area contributed by atoms with Crippen molar-refractivity contribution in [2.45, 2.75) is 0 Å². The van der Waals surface area contributed by atoms with Gasteiger partial charge in [0.25, 0.3) is 0 Å². The van der Waals surface area contributed by atoms with Crippen LogP contribution in [-0.2, 0) is 0 Å². The molecule has 9 rings (SSSR count). The lowest BCUT2D eigenvalue weighted by atomic mass is 9.73. The van der Waals surface area contributed by atoms with Crippen LogP contribution in [0.5, 0.6) is 11.5 Å². The standard InChI is InChI=1S/C52H38O2/c1-53-43-33-31-35-19-15-17-29-41(35)49(43)51-46(38-23-9-4-10-24-38)45(37-21-7-3-8-22-37)47(39-25-11-5-12-26-39)52(48(51)40-27-13-6-14-28-40)50-42-30-18-16-20-36(42)32-34-44(50)54-2/h3-34H,1-2H3. The van der Waals surface area contributed by atoms with Crippen molar-refractivity contribution in [1.29, 1.82) is 0 Å². The zero-order valence-corrected chi connectivity index (χ0v) is 30.3. The number of hydrogen-bond acceptors (Lipinski definition) is 2. The second-order valence-corrected chi connectivity index (χ2v) is 13.4. The van der Waals surface area contributed by atoms with Crippen molar-refractivity contribution in [2.75, 3.05) is 14.2 Å². The maximum Gasteiger partial charge on any atom is 0.127 e. The quantitative estimate of drug-likeness (QED) is 0.158. The molecule has 9 aromatic rings. The molecule has 0 aliphatic carbocycles. The lowest BCUT2D eigenvalue weighted by Crippen LogP contribution is -2.04. The van der Waals surface area contributed by atoms with Gasteiger partial charge >= 0.3 is 0 Å². The highest BCUT2D eigenvalue weighted by Crippen LogP contribution is 2.59. The SMILES string of the molecule is COc1ccc2ccccc2c1-c1c(-c2ccccc2)c(-c2ccccc2)c(-c2ccccc2)c(-c2c(OC)ccc3ccccc23)c1-c1ccccc1. The third-order valence-corrected chi connectivity index (χ3v) is 10.5. The predicted octanol–water partition coefficient (Wildman–Crippen LogP) is 14.0. The minimum atomic E-state index is 0.811. The Bertz CT molecular complexity index is 2600. The molecule has 0 heterocycles. The molecule has 0 saturated heterocycles. The van der Waals surface area contributed by atoms with Crippen molar-refractivity contribution in [3.63, 3.8) is 0 Å². The second kappa shape index (κ2) is 14.3. The molecular weight excluding hydrogens is 657 g/mol. The fraction of sp³-hybridized carbons (Fsp3) is 0.0385. The van der Waals surface area contributed by atoms with Gasteiger partial charge in [0.2, 0.25) is 0 Å². The minimum Gasteiger partial charge on any atom is -0.496 e. The topological polar surface area (TPSA) is 18.5 Å². The summed E-state index contributed by atoms with van der Waals surface area (Å²) in [4.78, 5) is 0. The van der Waals surface area contributed by atoms with E-state index in [1.807, 2.05) is 0 Å². The molecule has 0 aliphatic heterocycles. The Hall–Kier alpha value is -6.90. The van der Waals surface area contributed by atoms with Crippen LogP contribution in [0.4, 0.5) is 0 Å². The Labute approximate surface area is 316 Å². The number of methoxy groups -OCH3 is 2. The van der Waals surface area contributed by atoms with Gasteiger partial charge < -0.3 is 9.47 Å². The molecule has 0 radical (unpaired) electrons. The maximum absolute atomic E-state index is 6.39. The number of hydrogen-bond donors (Lipinski definition) is 0. The molecule has 0 spiro atoms. The van der Waals surface area contributed by atoms with Crippen molar-refractivity contribution in [1.82, 2.24) is 0 Å². The van der Waals surface area contributed by atoms with E-state index in [9.17, 15) is 0 Å². The molecule has 2 nitrogen and oxygen atoms in total. The van der Waals surface area contributed by atoms with E-state index in [0.717, 1.165) is 99.8 Å². The van der Waals surface area contributed by atoms with Crippen LogP contribution in [0.2, 0.25) is 0 Å². The van der Waals surface area contributed by atoms with Crippen LogP contribution < -0.4 is 9.47 Å². The molecule has 9 aromatic carbocycles. The molecule has 0 N–H and O–H groups in total. The molecule has 0 aromatic heterocycles. The molecule has 0 atom stereocenters. The van der Waals surface area contributed by atoms with Gasteiger partial charge in [0.15, 0.2) is 0 Å². The van der Waals surface area contributed by atoms with Crippen LogP contribution >= 0.6 is 0 Å². The van der Waals surface area contributed by atoms with Gasteiger partial charge in [0.1, 0.15) is 11.5 Å². The Balaban J connectivity index is 1.68. The van der Waals surface area contributed by atoms with E-state index in [0.29, 0.717) is 0 Å². The number of fused-ring (bicyclic) bond motifs is 2. The van der Waals surface area contributed by atoms with E-state index in [4.69, 9.17) is 9.47 Å². The summed E-state index contributed by atoms with van der Waals surface area (Å²) < 4.78 is 12.8. The second-order valence-electron chi connectivity index (χ2n) is 13.4. The highest BCUT2D eigenvalue weighted by atomic mass is 16.5. The van der Waals surface area contributed by atoms with Crippen LogP contribution in [0.1, 0.15) is 0 Å². The molecule has 0 bridgehead atoms. The number of rotatable bonds is 8. The molecule has 54 heavy (non-hydrogen) atoms. The first kappa shape index (κ1) is 33.0. The normalized spacial score (nSPS) is 11.1. The fourth-order valence-electron chi connectivity index (χ4n) is 8.18. The zero-order valence-electron chi connectivity index (χ0n) is 30.3. The molecule has 0 fully saturated rings. The summed E-state index contributed by atoms with van der Waals surface area (Å²) >= 11 is 0. The summed E-state index contributed by atoms with van der Waals surface area (Å²) in [6.45, 7) is 0. The highest BCUT2D eigenvalue weighted by Gasteiger charge is 2.32. The lowest BCUT2D eigenvalue weighted by molar-refractivity contribution is 0.417. The van der Waals surface area contributed by atoms with Crippen LogP contribution in [-0.4, -0.2) is 14.2 Å². The molecule has 2 heteroatoms. The average Bonchev–Trinajstić information content (AvgIpc) is 3.25. The van der Waals surface area contributed by atoms with Gasteiger partial charge in [-0.1, -0.05) is 182 Å². The Morgan fingerprint density at radius 1 is 0.241 bits per heavy atom. The van der Waals surface area contributed by atoms with Gasteiger partial charge in [0.05, 0.1) is 14.2 Å². The van der Waals surface area contributed by atoms with Crippen molar-refractivity contribution >= 4 is 21.5 Å². The van der Waals surface area contributed by atoms with Crippen molar-refractivity contribution in [3.05, 3.63) is 194 Å². The first-order valence-electron chi connectivity index (χ1n) is 18.3. The Morgan fingerprint density at radius 2 is 0.519 bits per heavy atom. The summed E-state index contributed by atoms with van der Waals surface area (Å²) in [7, 11) is 3.56. The Kier molecular flexibility index (Phi) is 8.70. The zero-order chi connectivity index (χ0) is 36.4. The van der Waals surface area contributed by atoms with Crippen LogP contribution in [0.15, 0.2) is 194 Å². The van der Waals surface area contributed by atoms with Crippen molar-refractivity contribution in [3.8, 4) is 78.3 Å². The molecule has 258 valence electrons. The van der Waals surface area contributed by atoms with Gasteiger partial charge in [-0.25, -0.2) is 0 Å². The minimum absolute atomic E-state index is 0.811. The largest absolute Gasteiger partial charge is 0.496 e. The summed E-state index contributed by atoms with van der Waals surface area (Å²) in [5.74, 6) is 1.62. The van der Waals surface area contributed by atoms with Gasteiger partial charge in [-0.15, -0.1) is 0 Å². The van der Waals surface area contributed by atoms with Crippen LogP contribution in [0.3, 0.4) is 0 Å². The van der Waals surface area contributed by atoms with Gasteiger partial charge in [-0.05, 0) is 78.2 Å². The van der Waals surface area contributed by atoms with Crippen molar-refractivity contribution < 1.29 is 9.47 Å². The summed E-state index contributed by atoms with van der Waals surface area (Å²) in [6, 6.07) is 69.2. The highest BCUT2D eigenvalue weighted by molar-refractivity contribution is 6.21. The first-order chi connectivity index (χ1) is 26.8. The molecule has 0 saturated carbocycles. The summed E-state index contributed by atoms with van der Waals surface area (Å²) in [5.41, 5.74) is 13.3. The average molecular weight is 695 g/mol. The summed E-state index contributed by atoms with van der Waals surface area (Å²) in [6.07, 6.45) is 0. The van der Waals surface area contributed by atoms with Gasteiger partial charge in [-0.3, -0.25) is 0 Å². The molecule has 0 unspecified atom stereocenters. The van der Waals surface area contributed by atoms with E-state index in [-0.39, 0.29) is 0 Å². The molecule has 0 aliphatic rings. The molecule has 0 amide bonds. The van der Waals surface area contributed by atoms with E-state index in [2.05, 4.69) is 194 Å². The third-order valence-electron chi connectivity index (χ3n) is 10.5. The molecular formula is C52H38O2. The van der Waals surface area contributed by atoms with E-state index in [1.54, 1.807) is 14.2 Å². The predicted molar refractivity (Wildman–Crippen MR) is 227 cm³/mol. The summed E-state index contributed by atoms with van der Waals surface area (Å²) in [5, 5.41) is 4.52. The number of ether oxygens (including phenoxy) is 2. The van der Waals surface area contributed by atoms with E-state index in [1.165, 1.54) is 0 Å². The van der Waals surface area contributed by atoms with E-state index >= 15 is 0 Å². The van der Waals surface area contributed by atoms with Crippen LogP contribution in [0, 0.1) is 0 Å². The smallest absolute Gasteiger partial charge is 0.127 e. The van der Waals surface area contributed by atoms with E-state index < -0.39 is 0 Å². The third kappa shape index (κ3) is 5.60. The van der Waals surface area contributed by atoms with Gasteiger partial charge in [-0.2, -0.15) is 0 Å². The first-order valence-corrected chi connectivity index (χ1v) is 18.3. The van der Waals surface area contributed by atoms with Gasteiger partial charge in [0, 0.05) is 22.3 Å². The Morgan fingerprint density at radius 3 is 0.852 bits per heavy atom. The van der Waals surface area contributed by atoms with Crippen molar-refractivity contribution in [2.24, 2.45) is 0 Å². The monoisotopic (exact) mass is 694 g/mol.